The molecule has 0 aliphatic carbocycles. The van der Waals surface area contributed by atoms with Crippen molar-refractivity contribution in [1.29, 1.82) is 0 Å². The monoisotopic (exact) mass is 403 g/mol. The molecule has 9 heteroatoms. The number of carbonyl (C=O) groups excluding carboxylic acids is 3. The predicted molar refractivity (Wildman–Crippen MR) is 106 cm³/mol. The highest BCUT2D eigenvalue weighted by molar-refractivity contribution is 5.70. The topological polar surface area (TPSA) is 106 Å². The molecule has 0 rings (SSSR count). The summed E-state index contributed by atoms with van der Waals surface area (Å²) in [6.45, 7) is 16.6. The van der Waals surface area contributed by atoms with Gasteiger partial charge in [-0.05, 0) is 62.3 Å². The minimum absolute atomic E-state index is 0.181. The van der Waals surface area contributed by atoms with Crippen LogP contribution in [0.2, 0.25) is 0 Å². The van der Waals surface area contributed by atoms with E-state index in [-0.39, 0.29) is 26.2 Å². The first-order valence-electron chi connectivity index (χ1n) is 9.40. The summed E-state index contributed by atoms with van der Waals surface area (Å²) >= 11 is 0. The highest BCUT2D eigenvalue weighted by Crippen LogP contribution is 2.10. The molecule has 0 heterocycles. The van der Waals surface area contributed by atoms with Crippen LogP contribution >= 0.6 is 0 Å². The van der Waals surface area contributed by atoms with Crippen molar-refractivity contribution in [1.82, 2.24) is 15.5 Å². The smallest absolute Gasteiger partial charge is 0.410 e. The van der Waals surface area contributed by atoms with Gasteiger partial charge in [0.15, 0.2) is 0 Å². The lowest BCUT2D eigenvalue weighted by Crippen LogP contribution is -2.45. The molecule has 0 spiro atoms. The van der Waals surface area contributed by atoms with Gasteiger partial charge in [0.2, 0.25) is 0 Å². The molecule has 0 aliphatic heterocycles. The number of alkyl carbamates (subject to hydrolysis) is 2. The van der Waals surface area contributed by atoms with Crippen LogP contribution in [0.4, 0.5) is 14.4 Å². The van der Waals surface area contributed by atoms with Gasteiger partial charge in [-0.25, -0.2) is 14.4 Å². The highest BCUT2D eigenvalue weighted by atomic mass is 16.6. The van der Waals surface area contributed by atoms with Crippen LogP contribution in [0.3, 0.4) is 0 Å². The second-order valence-corrected chi connectivity index (χ2v) is 9.32. The maximum atomic E-state index is 12.4. The predicted octanol–water partition coefficient (Wildman–Crippen LogP) is 3.27. The number of hydrogen-bond donors (Lipinski definition) is 2. The van der Waals surface area contributed by atoms with E-state index in [0.717, 1.165) is 0 Å². The Labute approximate surface area is 168 Å². The van der Waals surface area contributed by atoms with Crippen molar-refractivity contribution in [3.8, 4) is 0 Å². The summed E-state index contributed by atoms with van der Waals surface area (Å²) in [5.41, 5.74) is -1.87. The van der Waals surface area contributed by atoms with Gasteiger partial charge in [0.05, 0.1) is 0 Å². The Morgan fingerprint density at radius 2 is 0.964 bits per heavy atom. The Kier molecular flexibility index (Phi) is 9.57. The van der Waals surface area contributed by atoms with E-state index in [1.54, 1.807) is 62.3 Å². The molecule has 0 aromatic rings. The molecule has 0 radical (unpaired) electrons. The average molecular weight is 404 g/mol. The van der Waals surface area contributed by atoms with Crippen molar-refractivity contribution in [2.45, 2.75) is 79.1 Å². The Balaban J connectivity index is 4.65. The zero-order valence-corrected chi connectivity index (χ0v) is 18.7. The zero-order valence-electron chi connectivity index (χ0n) is 18.7. The Morgan fingerprint density at radius 3 is 1.25 bits per heavy atom. The summed E-state index contributed by atoms with van der Waals surface area (Å²) in [5, 5.41) is 5.19. The van der Waals surface area contributed by atoms with Crippen LogP contribution in [0, 0.1) is 0 Å². The number of carbonyl (C=O) groups is 3. The molecule has 28 heavy (non-hydrogen) atoms. The first-order valence-corrected chi connectivity index (χ1v) is 9.40. The van der Waals surface area contributed by atoms with E-state index < -0.39 is 35.1 Å². The molecule has 0 aromatic heterocycles. The third-order valence-electron chi connectivity index (χ3n) is 2.75. The summed E-state index contributed by atoms with van der Waals surface area (Å²) < 4.78 is 15.7. The van der Waals surface area contributed by atoms with Crippen LogP contribution in [0.25, 0.3) is 0 Å². The minimum atomic E-state index is -0.660. The molecule has 0 bridgehead atoms. The van der Waals surface area contributed by atoms with Gasteiger partial charge >= 0.3 is 18.3 Å². The first-order chi connectivity index (χ1) is 12.5. The summed E-state index contributed by atoms with van der Waals surface area (Å²) in [6.07, 6.45) is -1.67. The third-order valence-corrected chi connectivity index (χ3v) is 2.75. The molecule has 0 saturated heterocycles. The number of nitrogens with one attached hydrogen (secondary N) is 2. The number of nitrogens with zero attached hydrogens (tertiary/aromatic N) is 1. The van der Waals surface area contributed by atoms with Crippen molar-refractivity contribution < 1.29 is 28.6 Å². The van der Waals surface area contributed by atoms with Gasteiger partial charge in [-0.2, -0.15) is 0 Å². The summed E-state index contributed by atoms with van der Waals surface area (Å²) in [6, 6.07) is 0. The summed E-state index contributed by atoms with van der Waals surface area (Å²) in [5.74, 6) is 0. The SMILES string of the molecule is CC(C)(C)OC(=O)NCCN(CCNC(=O)OC(C)(C)C)C(=O)OC(C)(C)C. The lowest BCUT2D eigenvalue weighted by Gasteiger charge is -2.28. The molecule has 0 aromatic carbocycles. The molecular formula is C19H37N3O6. The number of amides is 3. The van der Waals surface area contributed by atoms with E-state index >= 15 is 0 Å². The van der Waals surface area contributed by atoms with Crippen molar-refractivity contribution in [3.05, 3.63) is 0 Å². The Morgan fingerprint density at radius 1 is 0.643 bits per heavy atom. The first kappa shape index (κ1) is 25.8. The van der Waals surface area contributed by atoms with Gasteiger partial charge in [-0.1, -0.05) is 0 Å². The van der Waals surface area contributed by atoms with Crippen LogP contribution < -0.4 is 10.6 Å². The molecule has 3 amide bonds. The van der Waals surface area contributed by atoms with Crippen molar-refractivity contribution >= 4 is 18.3 Å². The third kappa shape index (κ3) is 14.9. The second kappa shape index (κ2) is 10.4. The highest BCUT2D eigenvalue weighted by Gasteiger charge is 2.23. The normalized spacial score (nSPS) is 12.0. The van der Waals surface area contributed by atoms with Crippen LogP contribution in [-0.4, -0.2) is 66.2 Å². The van der Waals surface area contributed by atoms with E-state index in [1.807, 2.05) is 0 Å². The van der Waals surface area contributed by atoms with Crippen molar-refractivity contribution in [3.63, 3.8) is 0 Å². The van der Waals surface area contributed by atoms with Crippen molar-refractivity contribution in [2.75, 3.05) is 26.2 Å². The lowest BCUT2D eigenvalue weighted by atomic mass is 10.2. The number of ether oxygens (including phenoxy) is 3. The van der Waals surface area contributed by atoms with Crippen LogP contribution in [0.15, 0.2) is 0 Å². The molecule has 0 saturated carbocycles. The van der Waals surface area contributed by atoms with Gasteiger partial charge < -0.3 is 29.7 Å². The van der Waals surface area contributed by atoms with Gasteiger partial charge in [0.1, 0.15) is 16.8 Å². The number of hydrogen-bond acceptors (Lipinski definition) is 6. The van der Waals surface area contributed by atoms with Gasteiger partial charge in [-0.15, -0.1) is 0 Å². The maximum Gasteiger partial charge on any atom is 0.410 e. The van der Waals surface area contributed by atoms with Crippen LogP contribution in [0.1, 0.15) is 62.3 Å². The maximum absolute atomic E-state index is 12.4. The van der Waals surface area contributed by atoms with Gasteiger partial charge in [0.25, 0.3) is 0 Å². The van der Waals surface area contributed by atoms with E-state index in [2.05, 4.69) is 10.6 Å². The summed E-state index contributed by atoms with van der Waals surface area (Å²) in [7, 11) is 0. The number of rotatable bonds is 6. The largest absolute Gasteiger partial charge is 0.444 e. The van der Waals surface area contributed by atoms with E-state index in [9.17, 15) is 14.4 Å². The van der Waals surface area contributed by atoms with Crippen molar-refractivity contribution in [2.24, 2.45) is 0 Å². The van der Waals surface area contributed by atoms with E-state index in [0.29, 0.717) is 0 Å². The molecule has 0 atom stereocenters. The molecule has 2 N–H and O–H groups in total. The van der Waals surface area contributed by atoms with Gasteiger partial charge in [0, 0.05) is 26.2 Å². The van der Waals surface area contributed by atoms with Crippen LogP contribution in [-0.2, 0) is 14.2 Å². The second-order valence-electron chi connectivity index (χ2n) is 9.32. The molecule has 0 unspecified atom stereocenters. The fourth-order valence-electron chi connectivity index (χ4n) is 1.84. The van der Waals surface area contributed by atoms with E-state index in [1.165, 1.54) is 4.90 Å². The fourth-order valence-corrected chi connectivity index (χ4v) is 1.84. The molecule has 0 fully saturated rings. The molecule has 0 aliphatic rings. The average Bonchev–Trinajstić information content (AvgIpc) is 2.39. The minimum Gasteiger partial charge on any atom is -0.444 e. The lowest BCUT2D eigenvalue weighted by molar-refractivity contribution is 0.0232. The molecular weight excluding hydrogens is 366 g/mol. The standard InChI is InChI=1S/C19H37N3O6/c1-17(2,3)26-14(23)20-10-12-22(16(25)28-19(7,8)9)13-11-21-15(24)27-18(4,5)6/h10-13H2,1-9H3,(H,20,23)(H,21,24). The molecule has 9 nitrogen and oxygen atoms in total. The summed E-state index contributed by atoms with van der Waals surface area (Å²) in [4.78, 5) is 37.3. The quantitative estimate of drug-likeness (QED) is 0.659. The van der Waals surface area contributed by atoms with Crippen LogP contribution in [0.5, 0.6) is 0 Å². The fraction of sp³-hybridized carbons (Fsp3) is 0.842. The molecule has 164 valence electrons. The van der Waals surface area contributed by atoms with E-state index in [4.69, 9.17) is 14.2 Å². The zero-order chi connectivity index (χ0) is 22.2. The Bertz CT molecular complexity index is 495. The van der Waals surface area contributed by atoms with Gasteiger partial charge in [-0.3, -0.25) is 0 Å². The Hall–Kier alpha value is -2.19.